The van der Waals surface area contributed by atoms with Gasteiger partial charge >= 0.3 is 0 Å². The summed E-state index contributed by atoms with van der Waals surface area (Å²) in [6, 6.07) is 0.0842. The van der Waals surface area contributed by atoms with Crippen LogP contribution in [0.4, 0.5) is 0 Å². The number of halogens is 1. The van der Waals surface area contributed by atoms with Crippen molar-refractivity contribution < 1.29 is 9.59 Å². The maximum absolute atomic E-state index is 11.9. The molecule has 1 saturated carbocycles. The first-order valence-electron chi connectivity index (χ1n) is 6.30. The smallest absolute Gasteiger partial charge is 0.240 e. The molecule has 0 radical (unpaired) electrons. The van der Waals surface area contributed by atoms with Crippen LogP contribution in [0.5, 0.6) is 0 Å². The van der Waals surface area contributed by atoms with E-state index in [0.717, 1.165) is 19.3 Å². The largest absolute Gasteiger partial charge is 0.352 e. The molecular formula is C12H24ClN3O2. The average Bonchev–Trinajstić information content (AvgIpc) is 2.26. The van der Waals surface area contributed by atoms with Crippen molar-refractivity contribution in [2.45, 2.75) is 57.5 Å². The number of nitrogens with one attached hydrogen (secondary N) is 2. The third-order valence-corrected chi connectivity index (χ3v) is 3.06. The predicted octanol–water partition coefficient (Wildman–Crippen LogP) is 0.711. The molecule has 0 aromatic rings. The van der Waals surface area contributed by atoms with E-state index in [1.165, 1.54) is 0 Å². The molecule has 0 aromatic heterocycles. The van der Waals surface area contributed by atoms with E-state index in [9.17, 15) is 9.59 Å². The highest BCUT2D eigenvalue weighted by molar-refractivity contribution is 5.90. The molecule has 0 unspecified atom stereocenters. The third-order valence-electron chi connectivity index (χ3n) is 3.06. The summed E-state index contributed by atoms with van der Waals surface area (Å²) in [5, 5.41) is 5.34. The molecule has 1 aliphatic carbocycles. The van der Waals surface area contributed by atoms with E-state index in [4.69, 9.17) is 5.73 Å². The lowest BCUT2D eigenvalue weighted by atomic mass is 9.82. The van der Waals surface area contributed by atoms with Crippen LogP contribution in [0.25, 0.3) is 0 Å². The molecule has 0 atom stereocenters. The second kappa shape index (κ2) is 7.59. The Morgan fingerprint density at radius 2 is 1.78 bits per heavy atom. The molecule has 5 nitrogen and oxygen atoms in total. The molecule has 106 valence electrons. The number of amides is 2. The molecule has 0 aliphatic heterocycles. The summed E-state index contributed by atoms with van der Waals surface area (Å²) in [5.74, 6) is -0.371. The lowest BCUT2D eigenvalue weighted by Crippen LogP contribution is -2.56. The van der Waals surface area contributed by atoms with Gasteiger partial charge in [-0.05, 0) is 26.7 Å². The van der Waals surface area contributed by atoms with Gasteiger partial charge in [0.05, 0.1) is 12.1 Å². The van der Waals surface area contributed by atoms with Gasteiger partial charge in [-0.3, -0.25) is 9.59 Å². The van der Waals surface area contributed by atoms with Crippen LogP contribution in [0.2, 0.25) is 0 Å². The Balaban J connectivity index is 0.00000289. The Morgan fingerprint density at radius 1 is 1.22 bits per heavy atom. The summed E-state index contributed by atoms with van der Waals surface area (Å²) in [7, 11) is 0. The first kappa shape index (κ1) is 17.2. The van der Waals surface area contributed by atoms with Crippen molar-refractivity contribution >= 4 is 24.2 Å². The van der Waals surface area contributed by atoms with Crippen molar-refractivity contribution in [1.82, 2.24) is 10.6 Å². The van der Waals surface area contributed by atoms with Crippen molar-refractivity contribution in [2.24, 2.45) is 5.73 Å². The van der Waals surface area contributed by atoms with Crippen molar-refractivity contribution in [3.05, 3.63) is 0 Å². The minimum atomic E-state index is -0.767. The molecule has 0 heterocycles. The van der Waals surface area contributed by atoms with Crippen molar-refractivity contribution in [1.29, 1.82) is 0 Å². The van der Waals surface area contributed by atoms with Crippen molar-refractivity contribution in [2.75, 3.05) is 6.54 Å². The number of rotatable bonds is 4. The van der Waals surface area contributed by atoms with E-state index >= 15 is 0 Å². The van der Waals surface area contributed by atoms with E-state index in [0.29, 0.717) is 12.8 Å². The summed E-state index contributed by atoms with van der Waals surface area (Å²) < 4.78 is 0. The number of carbonyl (C=O) groups excluding carboxylic acids is 2. The summed E-state index contributed by atoms with van der Waals surface area (Å²) in [6.07, 6.45) is 4.54. The Labute approximate surface area is 115 Å². The molecule has 18 heavy (non-hydrogen) atoms. The zero-order valence-corrected chi connectivity index (χ0v) is 11.9. The standard InChI is InChI=1S/C12H23N3O2.ClH/c1-9(2)15-10(16)8-14-11(17)12(13)6-4-3-5-7-12;/h9H,3-8,13H2,1-2H3,(H,14,17)(H,15,16);1H. The lowest BCUT2D eigenvalue weighted by molar-refractivity contribution is -0.130. The highest BCUT2D eigenvalue weighted by Crippen LogP contribution is 2.25. The fourth-order valence-corrected chi connectivity index (χ4v) is 2.12. The Hall–Kier alpha value is -0.810. The van der Waals surface area contributed by atoms with Crippen LogP contribution >= 0.6 is 12.4 Å². The maximum Gasteiger partial charge on any atom is 0.240 e. The van der Waals surface area contributed by atoms with E-state index in [-0.39, 0.29) is 36.8 Å². The molecule has 6 heteroatoms. The van der Waals surface area contributed by atoms with E-state index in [2.05, 4.69) is 10.6 Å². The molecular weight excluding hydrogens is 254 g/mol. The number of hydrogen-bond donors (Lipinski definition) is 3. The monoisotopic (exact) mass is 277 g/mol. The Kier molecular flexibility index (Phi) is 7.25. The number of hydrogen-bond acceptors (Lipinski definition) is 3. The molecule has 0 aromatic carbocycles. The van der Waals surface area contributed by atoms with Gasteiger partial charge < -0.3 is 16.4 Å². The minimum Gasteiger partial charge on any atom is -0.352 e. The number of nitrogens with two attached hydrogens (primary N) is 1. The lowest BCUT2D eigenvalue weighted by Gasteiger charge is -2.31. The van der Waals surface area contributed by atoms with Gasteiger partial charge in [-0.25, -0.2) is 0 Å². The van der Waals surface area contributed by atoms with Crippen LogP contribution in [0, 0.1) is 0 Å². The second-order valence-electron chi connectivity index (χ2n) is 5.12. The topological polar surface area (TPSA) is 84.2 Å². The first-order chi connectivity index (χ1) is 7.94. The van der Waals surface area contributed by atoms with Gasteiger partial charge in [0.25, 0.3) is 0 Å². The molecule has 1 aliphatic rings. The average molecular weight is 278 g/mol. The number of carbonyl (C=O) groups is 2. The molecule has 4 N–H and O–H groups in total. The van der Waals surface area contributed by atoms with E-state index in [1.807, 2.05) is 13.8 Å². The summed E-state index contributed by atoms with van der Waals surface area (Å²) >= 11 is 0. The maximum atomic E-state index is 11.9. The summed E-state index contributed by atoms with van der Waals surface area (Å²) in [4.78, 5) is 23.3. The molecule has 0 bridgehead atoms. The molecule has 0 spiro atoms. The first-order valence-corrected chi connectivity index (χ1v) is 6.30. The van der Waals surface area contributed by atoms with Gasteiger partial charge in [-0.2, -0.15) is 0 Å². The van der Waals surface area contributed by atoms with Crippen LogP contribution in [0.15, 0.2) is 0 Å². The van der Waals surface area contributed by atoms with Crippen LogP contribution in [-0.4, -0.2) is 29.9 Å². The molecule has 1 rings (SSSR count). The van der Waals surface area contributed by atoms with Crippen LogP contribution < -0.4 is 16.4 Å². The SMILES string of the molecule is CC(C)NC(=O)CNC(=O)C1(N)CCCCC1.Cl. The molecule has 1 fully saturated rings. The van der Waals surface area contributed by atoms with E-state index in [1.54, 1.807) is 0 Å². The van der Waals surface area contributed by atoms with Crippen molar-refractivity contribution in [3.8, 4) is 0 Å². The van der Waals surface area contributed by atoms with Gasteiger partial charge in [0.15, 0.2) is 0 Å². The van der Waals surface area contributed by atoms with Crippen molar-refractivity contribution in [3.63, 3.8) is 0 Å². The Bertz CT molecular complexity index is 289. The summed E-state index contributed by atoms with van der Waals surface area (Å²) in [6.45, 7) is 3.77. The van der Waals surface area contributed by atoms with Crippen LogP contribution in [0.1, 0.15) is 46.0 Å². The summed E-state index contributed by atoms with van der Waals surface area (Å²) in [5.41, 5.74) is 5.28. The zero-order chi connectivity index (χ0) is 12.9. The highest BCUT2D eigenvalue weighted by atomic mass is 35.5. The van der Waals surface area contributed by atoms with Crippen LogP contribution in [-0.2, 0) is 9.59 Å². The minimum absolute atomic E-state index is 0. The quantitative estimate of drug-likeness (QED) is 0.708. The third kappa shape index (κ3) is 5.23. The zero-order valence-electron chi connectivity index (χ0n) is 11.1. The van der Waals surface area contributed by atoms with Gasteiger partial charge in [0.2, 0.25) is 11.8 Å². The van der Waals surface area contributed by atoms with Crippen LogP contribution in [0.3, 0.4) is 0 Å². The van der Waals surface area contributed by atoms with Gasteiger partial charge in [0.1, 0.15) is 0 Å². The fourth-order valence-electron chi connectivity index (χ4n) is 2.12. The van der Waals surface area contributed by atoms with Gasteiger partial charge in [-0.15, -0.1) is 12.4 Å². The van der Waals surface area contributed by atoms with Gasteiger partial charge in [-0.1, -0.05) is 19.3 Å². The van der Waals surface area contributed by atoms with E-state index < -0.39 is 5.54 Å². The molecule has 0 saturated heterocycles. The molecule has 2 amide bonds. The predicted molar refractivity (Wildman–Crippen MR) is 73.5 cm³/mol. The second-order valence-corrected chi connectivity index (χ2v) is 5.12. The van der Waals surface area contributed by atoms with Gasteiger partial charge in [0, 0.05) is 6.04 Å². The highest BCUT2D eigenvalue weighted by Gasteiger charge is 2.35. The normalized spacial score (nSPS) is 17.8. The Morgan fingerprint density at radius 3 is 2.28 bits per heavy atom. The fraction of sp³-hybridized carbons (Fsp3) is 0.833.